The molecule has 8 nitrogen and oxygen atoms in total. The van der Waals surface area contributed by atoms with Gasteiger partial charge in [-0.2, -0.15) is 0 Å². The number of hydrogen-bond donors (Lipinski definition) is 0. The highest BCUT2D eigenvalue weighted by Crippen LogP contribution is 2.17. The molecule has 1 rings (SSSR count). The molecular weight excluding hydrogens is 368 g/mol. The van der Waals surface area contributed by atoms with Gasteiger partial charge in [-0.1, -0.05) is 24.3 Å². The van der Waals surface area contributed by atoms with Gasteiger partial charge in [-0.15, -0.1) is 0 Å². The minimum atomic E-state index is -1.59. The van der Waals surface area contributed by atoms with E-state index in [1.54, 1.807) is 13.8 Å². The van der Waals surface area contributed by atoms with Crippen LogP contribution in [0, 0.1) is 11.8 Å². The lowest BCUT2D eigenvalue weighted by molar-refractivity contribution is -0.150. The predicted molar refractivity (Wildman–Crippen MR) is 96.7 cm³/mol. The zero-order valence-electron chi connectivity index (χ0n) is 16.1. The van der Waals surface area contributed by atoms with Gasteiger partial charge < -0.3 is 9.47 Å². The van der Waals surface area contributed by atoms with E-state index in [1.807, 2.05) is 0 Å². The molecule has 0 aliphatic heterocycles. The Balaban J connectivity index is 3.12. The van der Waals surface area contributed by atoms with Crippen molar-refractivity contribution in [1.82, 2.24) is 0 Å². The van der Waals surface area contributed by atoms with Crippen molar-refractivity contribution in [1.29, 1.82) is 0 Å². The van der Waals surface area contributed by atoms with E-state index in [0.29, 0.717) is 0 Å². The monoisotopic (exact) mass is 390 g/mol. The predicted octanol–water partition coefficient (Wildman–Crippen LogP) is 1.59. The smallest absolute Gasteiger partial charge is 0.324 e. The molecule has 8 heteroatoms. The molecule has 0 saturated carbocycles. The molecule has 2 unspecified atom stereocenters. The number of carbonyl (C=O) groups is 6. The maximum Gasteiger partial charge on any atom is 0.324 e. The van der Waals surface area contributed by atoms with Gasteiger partial charge in [0.2, 0.25) is 0 Å². The van der Waals surface area contributed by atoms with Gasteiger partial charge in [0, 0.05) is 11.1 Å². The van der Waals surface area contributed by atoms with Crippen LogP contribution in [0.5, 0.6) is 0 Å². The number of Topliss-reactive ketones (excluding diaryl/α,β-unsaturated/α-hetero) is 4. The van der Waals surface area contributed by atoms with Gasteiger partial charge in [0.05, 0.1) is 13.2 Å². The molecule has 28 heavy (non-hydrogen) atoms. The normalized spacial score (nSPS) is 12.4. The van der Waals surface area contributed by atoms with Crippen LogP contribution in [0.1, 0.15) is 48.4 Å². The van der Waals surface area contributed by atoms with E-state index in [2.05, 4.69) is 0 Å². The molecule has 0 aliphatic rings. The van der Waals surface area contributed by atoms with Gasteiger partial charge >= 0.3 is 11.9 Å². The van der Waals surface area contributed by atoms with Crippen molar-refractivity contribution >= 4 is 35.1 Å². The van der Waals surface area contributed by atoms with Crippen LogP contribution in [0.15, 0.2) is 24.3 Å². The molecule has 0 saturated heterocycles. The van der Waals surface area contributed by atoms with E-state index in [9.17, 15) is 28.8 Å². The minimum Gasteiger partial charge on any atom is -0.465 e. The minimum absolute atomic E-state index is 0.0142. The van der Waals surface area contributed by atoms with Crippen molar-refractivity contribution in [3.63, 3.8) is 0 Å². The zero-order chi connectivity index (χ0) is 21.4. The molecule has 0 fully saturated rings. The van der Waals surface area contributed by atoms with Crippen LogP contribution in [0.2, 0.25) is 0 Å². The molecule has 0 spiro atoms. The van der Waals surface area contributed by atoms with Crippen LogP contribution in [0.25, 0.3) is 0 Å². The summed E-state index contributed by atoms with van der Waals surface area (Å²) in [4.78, 5) is 72.1. The van der Waals surface area contributed by atoms with Crippen LogP contribution >= 0.6 is 0 Å². The lowest BCUT2D eigenvalue weighted by atomic mass is 9.91. The standard InChI is InChI=1S/C20H22O8/c1-5-27-19(25)15(11(3)21)17(23)13-7-9-14(10-8-13)18(24)16(12(4)22)20(26)28-6-2/h7-10,15-16H,5-6H2,1-4H3. The molecule has 150 valence electrons. The summed E-state index contributed by atoms with van der Waals surface area (Å²) < 4.78 is 9.51. The third kappa shape index (κ3) is 5.42. The second kappa shape index (κ2) is 10.2. The van der Waals surface area contributed by atoms with Crippen LogP contribution in [-0.4, -0.2) is 48.3 Å². The fourth-order valence-electron chi connectivity index (χ4n) is 2.50. The lowest BCUT2D eigenvalue weighted by Crippen LogP contribution is -2.33. The summed E-state index contributed by atoms with van der Waals surface area (Å²) in [7, 11) is 0. The van der Waals surface area contributed by atoms with Crippen molar-refractivity contribution in [2.45, 2.75) is 27.7 Å². The van der Waals surface area contributed by atoms with Crippen molar-refractivity contribution in [2.24, 2.45) is 11.8 Å². The average Bonchev–Trinajstić information content (AvgIpc) is 2.61. The first kappa shape index (κ1) is 22.9. The maximum atomic E-state index is 12.5. The Labute approximate surface area is 162 Å². The lowest BCUT2D eigenvalue weighted by Gasteiger charge is -2.13. The largest absolute Gasteiger partial charge is 0.465 e. The fraction of sp³-hybridized carbons (Fsp3) is 0.400. The highest BCUT2D eigenvalue weighted by atomic mass is 16.5. The Morgan fingerprint density at radius 1 is 0.679 bits per heavy atom. The van der Waals surface area contributed by atoms with Gasteiger partial charge in [0.15, 0.2) is 35.0 Å². The van der Waals surface area contributed by atoms with Crippen LogP contribution < -0.4 is 0 Å². The molecule has 1 aromatic rings. The van der Waals surface area contributed by atoms with Crippen molar-refractivity contribution < 1.29 is 38.2 Å². The van der Waals surface area contributed by atoms with Gasteiger partial charge in [-0.25, -0.2) is 0 Å². The first-order chi connectivity index (χ1) is 13.1. The van der Waals surface area contributed by atoms with Crippen molar-refractivity contribution in [3.8, 4) is 0 Å². The first-order valence-corrected chi connectivity index (χ1v) is 8.68. The Hall–Kier alpha value is -3.16. The Morgan fingerprint density at radius 3 is 1.18 bits per heavy atom. The highest BCUT2D eigenvalue weighted by Gasteiger charge is 2.35. The van der Waals surface area contributed by atoms with E-state index in [1.165, 1.54) is 24.3 Å². The van der Waals surface area contributed by atoms with E-state index in [-0.39, 0.29) is 24.3 Å². The third-order valence-electron chi connectivity index (χ3n) is 3.84. The van der Waals surface area contributed by atoms with E-state index < -0.39 is 46.9 Å². The van der Waals surface area contributed by atoms with Gasteiger partial charge in [-0.05, 0) is 27.7 Å². The number of carbonyl (C=O) groups excluding carboxylic acids is 6. The summed E-state index contributed by atoms with van der Waals surface area (Å²) in [5, 5.41) is 0. The molecule has 2 atom stereocenters. The highest BCUT2D eigenvalue weighted by molar-refractivity contribution is 6.23. The Kier molecular flexibility index (Phi) is 8.37. The Bertz CT molecular complexity index is 724. The number of ketones is 4. The van der Waals surface area contributed by atoms with Crippen LogP contribution in [-0.2, 0) is 28.7 Å². The third-order valence-corrected chi connectivity index (χ3v) is 3.84. The summed E-state index contributed by atoms with van der Waals surface area (Å²) in [6.45, 7) is 5.35. The van der Waals surface area contributed by atoms with Gasteiger partial charge in [0.1, 0.15) is 0 Å². The van der Waals surface area contributed by atoms with Crippen LogP contribution in [0.4, 0.5) is 0 Å². The van der Waals surface area contributed by atoms with Crippen LogP contribution in [0.3, 0.4) is 0 Å². The van der Waals surface area contributed by atoms with E-state index in [0.717, 1.165) is 13.8 Å². The fourth-order valence-corrected chi connectivity index (χ4v) is 2.50. The summed E-state index contributed by atoms with van der Waals surface area (Å²) in [5.74, 6) is -7.93. The molecule has 0 aromatic heterocycles. The van der Waals surface area contributed by atoms with Crippen molar-refractivity contribution in [3.05, 3.63) is 35.4 Å². The summed E-state index contributed by atoms with van der Waals surface area (Å²) in [6.07, 6.45) is 0. The SMILES string of the molecule is CCOC(=O)C(C(C)=O)C(=O)c1ccc(C(=O)C(C(C)=O)C(=O)OCC)cc1. The topological polar surface area (TPSA) is 121 Å². The summed E-state index contributed by atoms with van der Waals surface area (Å²) in [5.41, 5.74) is 0.0284. The number of rotatable bonds is 10. The molecule has 0 heterocycles. The summed E-state index contributed by atoms with van der Waals surface area (Å²) >= 11 is 0. The molecule has 1 aromatic carbocycles. The quantitative estimate of drug-likeness (QED) is 0.335. The number of hydrogen-bond acceptors (Lipinski definition) is 8. The maximum absolute atomic E-state index is 12.5. The molecular formula is C20H22O8. The molecule has 0 bridgehead atoms. The molecule has 0 N–H and O–H groups in total. The van der Waals surface area contributed by atoms with Gasteiger partial charge in [0.25, 0.3) is 0 Å². The average molecular weight is 390 g/mol. The van der Waals surface area contributed by atoms with Crippen molar-refractivity contribution in [2.75, 3.05) is 13.2 Å². The van der Waals surface area contributed by atoms with E-state index >= 15 is 0 Å². The number of benzene rings is 1. The van der Waals surface area contributed by atoms with Gasteiger partial charge in [-0.3, -0.25) is 28.8 Å². The number of ether oxygens (including phenoxy) is 2. The van der Waals surface area contributed by atoms with E-state index in [4.69, 9.17) is 9.47 Å². The second-order valence-electron chi connectivity index (χ2n) is 5.90. The molecule has 0 aliphatic carbocycles. The second-order valence-corrected chi connectivity index (χ2v) is 5.90. The number of esters is 2. The summed E-state index contributed by atoms with van der Waals surface area (Å²) in [6, 6.07) is 4.97. The Morgan fingerprint density at radius 2 is 0.964 bits per heavy atom. The molecule has 0 amide bonds. The zero-order valence-corrected chi connectivity index (χ0v) is 16.1. The molecule has 0 radical (unpaired) electrons. The first-order valence-electron chi connectivity index (χ1n) is 8.68.